The molecule has 0 aliphatic heterocycles. The molecular weight excluding hydrogens is 338 g/mol. The van der Waals surface area contributed by atoms with Crippen molar-refractivity contribution in [2.75, 3.05) is 11.1 Å². The third kappa shape index (κ3) is 3.38. The van der Waals surface area contributed by atoms with Gasteiger partial charge in [-0.15, -0.1) is 23.1 Å². The van der Waals surface area contributed by atoms with Crippen LogP contribution in [0.1, 0.15) is 22.4 Å². The zero-order chi connectivity index (χ0) is 16.4. The number of nitriles is 1. The highest BCUT2D eigenvalue weighted by molar-refractivity contribution is 8.00. The summed E-state index contributed by atoms with van der Waals surface area (Å²) in [5.74, 6) is -1.49. The first-order valence-electron chi connectivity index (χ1n) is 7.01. The summed E-state index contributed by atoms with van der Waals surface area (Å²) in [6.45, 7) is 0. The minimum Gasteiger partial charge on any atom is -0.316 e. The Morgan fingerprint density at radius 3 is 3.00 bits per heavy atom. The summed E-state index contributed by atoms with van der Waals surface area (Å²) >= 11 is 2.36. The van der Waals surface area contributed by atoms with Crippen LogP contribution < -0.4 is 5.32 Å². The lowest BCUT2D eigenvalue weighted by atomic mass is 10.1. The molecule has 1 N–H and O–H groups in total. The van der Waals surface area contributed by atoms with Gasteiger partial charge in [-0.3, -0.25) is 4.79 Å². The van der Waals surface area contributed by atoms with E-state index < -0.39 is 11.6 Å². The second-order valence-corrected chi connectivity index (χ2v) is 7.21. The lowest BCUT2D eigenvalue weighted by Crippen LogP contribution is -2.14. The molecule has 1 amide bonds. The van der Waals surface area contributed by atoms with E-state index in [9.17, 15) is 18.8 Å². The number of rotatable bonds is 4. The van der Waals surface area contributed by atoms with Crippen LogP contribution in [-0.2, 0) is 17.6 Å². The minimum atomic E-state index is -0.558. The monoisotopic (exact) mass is 350 g/mol. The van der Waals surface area contributed by atoms with Crippen molar-refractivity contribution < 1.29 is 13.6 Å². The maximum Gasteiger partial charge on any atom is 0.235 e. The smallest absolute Gasteiger partial charge is 0.235 e. The molecule has 1 aromatic carbocycles. The van der Waals surface area contributed by atoms with Crippen molar-refractivity contribution in [3.63, 3.8) is 0 Å². The first-order chi connectivity index (χ1) is 11.1. The Morgan fingerprint density at radius 2 is 2.22 bits per heavy atom. The lowest BCUT2D eigenvalue weighted by Gasteiger charge is -2.05. The standard InChI is InChI=1S/C16H12F2N2OS2/c17-9-4-5-12(18)14(6-9)22-8-15(21)20-16-11(7-19)10-2-1-3-13(10)23-16/h4-6H,1-3,8H2,(H,20,21). The molecule has 118 valence electrons. The topological polar surface area (TPSA) is 52.9 Å². The van der Waals surface area contributed by atoms with E-state index in [1.54, 1.807) is 0 Å². The Balaban J connectivity index is 1.66. The summed E-state index contributed by atoms with van der Waals surface area (Å²) in [7, 11) is 0. The van der Waals surface area contributed by atoms with Gasteiger partial charge in [-0.25, -0.2) is 8.78 Å². The van der Waals surface area contributed by atoms with E-state index in [1.165, 1.54) is 11.3 Å². The molecule has 1 heterocycles. The van der Waals surface area contributed by atoms with Crippen LogP contribution >= 0.6 is 23.1 Å². The summed E-state index contributed by atoms with van der Waals surface area (Å²) in [4.78, 5) is 13.3. The van der Waals surface area contributed by atoms with Crippen molar-refractivity contribution in [1.29, 1.82) is 5.26 Å². The Morgan fingerprint density at radius 1 is 1.39 bits per heavy atom. The number of amides is 1. The number of fused-ring (bicyclic) bond motifs is 1. The first kappa shape index (κ1) is 16.0. The number of nitrogens with one attached hydrogen (secondary N) is 1. The summed E-state index contributed by atoms with van der Waals surface area (Å²) in [5.41, 5.74) is 1.58. The predicted octanol–water partition coefficient (Wildman–Crippen LogP) is 4.12. The highest BCUT2D eigenvalue weighted by Crippen LogP contribution is 2.38. The molecule has 0 atom stereocenters. The van der Waals surface area contributed by atoms with Gasteiger partial charge in [-0.05, 0) is 43.0 Å². The molecule has 3 nitrogen and oxygen atoms in total. The average Bonchev–Trinajstić information content (AvgIpc) is 3.08. The van der Waals surface area contributed by atoms with Crippen molar-refractivity contribution >= 4 is 34.0 Å². The van der Waals surface area contributed by atoms with Gasteiger partial charge in [0, 0.05) is 9.77 Å². The van der Waals surface area contributed by atoms with Gasteiger partial charge in [0.05, 0.1) is 11.3 Å². The van der Waals surface area contributed by atoms with Gasteiger partial charge in [0.2, 0.25) is 5.91 Å². The quantitative estimate of drug-likeness (QED) is 0.844. The van der Waals surface area contributed by atoms with Gasteiger partial charge in [-0.1, -0.05) is 0 Å². The van der Waals surface area contributed by atoms with Crippen LogP contribution in [0.5, 0.6) is 0 Å². The number of halogens is 2. The molecule has 2 aromatic rings. The number of benzene rings is 1. The van der Waals surface area contributed by atoms with E-state index in [-0.39, 0.29) is 16.6 Å². The molecule has 1 aliphatic rings. The van der Waals surface area contributed by atoms with Gasteiger partial charge in [0.15, 0.2) is 0 Å². The largest absolute Gasteiger partial charge is 0.316 e. The van der Waals surface area contributed by atoms with Crippen molar-refractivity contribution in [2.45, 2.75) is 24.2 Å². The van der Waals surface area contributed by atoms with Crippen LogP contribution in [0.15, 0.2) is 23.1 Å². The molecule has 0 radical (unpaired) electrons. The van der Waals surface area contributed by atoms with Crippen molar-refractivity contribution in [3.05, 3.63) is 45.8 Å². The molecule has 0 spiro atoms. The van der Waals surface area contributed by atoms with E-state index in [0.717, 1.165) is 59.7 Å². The maximum atomic E-state index is 13.5. The van der Waals surface area contributed by atoms with Gasteiger partial charge in [0.25, 0.3) is 0 Å². The van der Waals surface area contributed by atoms with E-state index >= 15 is 0 Å². The maximum absolute atomic E-state index is 13.5. The van der Waals surface area contributed by atoms with E-state index in [4.69, 9.17) is 0 Å². The summed E-state index contributed by atoms with van der Waals surface area (Å²) < 4.78 is 26.6. The number of thioether (sulfide) groups is 1. The van der Waals surface area contributed by atoms with Crippen molar-refractivity contribution in [2.24, 2.45) is 0 Å². The highest BCUT2D eigenvalue weighted by Gasteiger charge is 2.23. The van der Waals surface area contributed by atoms with Gasteiger partial charge < -0.3 is 5.32 Å². The Kier molecular flexibility index (Phi) is 4.64. The third-order valence-electron chi connectivity index (χ3n) is 3.54. The Hall–Kier alpha value is -1.91. The molecule has 0 saturated heterocycles. The second-order valence-electron chi connectivity index (χ2n) is 5.08. The second kappa shape index (κ2) is 6.69. The number of thiophene rings is 1. The number of anilines is 1. The zero-order valence-corrected chi connectivity index (χ0v) is 13.6. The minimum absolute atomic E-state index is 0.0478. The number of carbonyl (C=O) groups is 1. The number of carbonyl (C=O) groups excluding carboxylic acids is 1. The average molecular weight is 350 g/mol. The fourth-order valence-electron chi connectivity index (χ4n) is 2.50. The Bertz CT molecular complexity index is 811. The van der Waals surface area contributed by atoms with Crippen molar-refractivity contribution in [1.82, 2.24) is 0 Å². The number of nitrogens with zero attached hydrogens (tertiary/aromatic N) is 1. The summed E-state index contributed by atoms with van der Waals surface area (Å²) in [6.07, 6.45) is 2.85. The van der Waals surface area contributed by atoms with Gasteiger partial charge in [0.1, 0.15) is 22.7 Å². The van der Waals surface area contributed by atoms with Gasteiger partial charge >= 0.3 is 0 Å². The van der Waals surface area contributed by atoms with E-state index in [0.29, 0.717) is 10.6 Å². The molecule has 1 aromatic heterocycles. The highest BCUT2D eigenvalue weighted by atomic mass is 32.2. The third-order valence-corrected chi connectivity index (χ3v) is 5.78. The van der Waals surface area contributed by atoms with Crippen LogP contribution in [0.2, 0.25) is 0 Å². The van der Waals surface area contributed by atoms with Crippen LogP contribution in [0, 0.1) is 23.0 Å². The molecule has 7 heteroatoms. The van der Waals surface area contributed by atoms with Crippen LogP contribution in [0.3, 0.4) is 0 Å². The molecule has 0 saturated carbocycles. The molecule has 0 fully saturated rings. The number of hydrogen-bond acceptors (Lipinski definition) is 4. The predicted molar refractivity (Wildman–Crippen MR) is 86.8 cm³/mol. The zero-order valence-electron chi connectivity index (χ0n) is 12.0. The lowest BCUT2D eigenvalue weighted by molar-refractivity contribution is -0.113. The van der Waals surface area contributed by atoms with Crippen LogP contribution in [0.4, 0.5) is 13.8 Å². The van der Waals surface area contributed by atoms with E-state index in [1.807, 2.05) is 0 Å². The fourth-order valence-corrected chi connectivity index (χ4v) is 4.52. The molecule has 23 heavy (non-hydrogen) atoms. The first-order valence-corrected chi connectivity index (χ1v) is 8.81. The van der Waals surface area contributed by atoms with Crippen LogP contribution in [0.25, 0.3) is 0 Å². The number of hydrogen-bond donors (Lipinski definition) is 1. The van der Waals surface area contributed by atoms with Gasteiger partial charge in [-0.2, -0.15) is 5.26 Å². The van der Waals surface area contributed by atoms with Crippen LogP contribution in [-0.4, -0.2) is 11.7 Å². The molecule has 0 bridgehead atoms. The normalized spacial score (nSPS) is 12.7. The van der Waals surface area contributed by atoms with E-state index in [2.05, 4.69) is 11.4 Å². The SMILES string of the molecule is N#Cc1c(NC(=O)CSc2cc(F)ccc2F)sc2c1CCC2. The van der Waals surface area contributed by atoms with Crippen molar-refractivity contribution in [3.8, 4) is 6.07 Å². The summed E-state index contributed by atoms with van der Waals surface area (Å²) in [6, 6.07) is 5.28. The number of aryl methyl sites for hydroxylation is 1. The molecule has 3 rings (SSSR count). The fraction of sp³-hybridized carbons (Fsp3) is 0.250. The summed E-state index contributed by atoms with van der Waals surface area (Å²) in [5, 5.41) is 12.5. The molecule has 1 aliphatic carbocycles. The Labute approximate surface area is 140 Å². The molecular formula is C16H12F2N2OS2. The molecule has 0 unspecified atom stereocenters.